The second-order valence-corrected chi connectivity index (χ2v) is 6.11. The van der Waals surface area contributed by atoms with Gasteiger partial charge in [-0.15, -0.1) is 0 Å². The summed E-state index contributed by atoms with van der Waals surface area (Å²) < 4.78 is 14.2. The molecule has 3 rings (SSSR count). The molecule has 0 radical (unpaired) electrons. The SMILES string of the molecule is O=C(O)c1nsc(NC(=O)C(CS)Cc2ccc3c(c2)OCO3)n1. The van der Waals surface area contributed by atoms with Gasteiger partial charge in [0.15, 0.2) is 11.5 Å². The molecule has 1 atom stereocenters. The molecule has 0 bridgehead atoms. The van der Waals surface area contributed by atoms with Crippen LogP contribution in [0.4, 0.5) is 5.13 Å². The quantitative estimate of drug-likeness (QED) is 0.666. The Hall–Kier alpha value is -2.33. The average molecular weight is 367 g/mol. The van der Waals surface area contributed by atoms with Gasteiger partial charge >= 0.3 is 5.97 Å². The number of carboxylic acid groups (broad SMARTS) is 1. The standard InChI is InChI=1S/C14H13N3O5S2/c18-12(16-14-15-11(13(19)20)17-24-14)8(5-23)3-7-1-2-9-10(4-7)22-6-21-9/h1-2,4,8,23H,3,5-6H2,(H,19,20)(H,15,16,17,18). The van der Waals surface area contributed by atoms with Crippen LogP contribution in [-0.4, -0.2) is 38.9 Å². The summed E-state index contributed by atoms with van der Waals surface area (Å²) >= 11 is 5.05. The lowest BCUT2D eigenvalue weighted by molar-refractivity contribution is -0.119. The summed E-state index contributed by atoms with van der Waals surface area (Å²) in [5, 5.41) is 11.5. The van der Waals surface area contributed by atoms with Crippen LogP contribution < -0.4 is 14.8 Å². The van der Waals surface area contributed by atoms with Gasteiger partial charge in [-0.3, -0.25) is 4.79 Å². The fourth-order valence-corrected chi connectivity index (χ4v) is 3.02. The molecular weight excluding hydrogens is 354 g/mol. The number of ether oxygens (including phenoxy) is 2. The van der Waals surface area contributed by atoms with E-state index in [1.807, 2.05) is 12.1 Å². The molecule has 10 heteroatoms. The van der Waals surface area contributed by atoms with Crippen molar-refractivity contribution in [1.29, 1.82) is 0 Å². The van der Waals surface area contributed by atoms with E-state index in [9.17, 15) is 9.59 Å². The van der Waals surface area contributed by atoms with Crippen molar-refractivity contribution >= 4 is 41.2 Å². The van der Waals surface area contributed by atoms with E-state index in [0.29, 0.717) is 23.7 Å². The maximum atomic E-state index is 12.3. The zero-order chi connectivity index (χ0) is 17.1. The van der Waals surface area contributed by atoms with E-state index in [2.05, 4.69) is 27.3 Å². The molecule has 0 saturated carbocycles. The van der Waals surface area contributed by atoms with Crippen LogP contribution in [-0.2, 0) is 11.2 Å². The molecule has 1 aromatic heterocycles. The Kier molecular flexibility index (Phi) is 4.86. The monoisotopic (exact) mass is 367 g/mol. The number of fused-ring (bicyclic) bond motifs is 1. The number of anilines is 1. The fourth-order valence-electron chi connectivity index (χ4n) is 2.16. The molecule has 1 aliphatic rings. The van der Waals surface area contributed by atoms with Crippen LogP contribution >= 0.6 is 24.2 Å². The van der Waals surface area contributed by atoms with Crippen molar-refractivity contribution in [2.45, 2.75) is 6.42 Å². The lowest BCUT2D eigenvalue weighted by atomic mass is 10.00. The minimum absolute atomic E-state index is 0.148. The van der Waals surface area contributed by atoms with Gasteiger partial charge in [-0.25, -0.2) is 4.79 Å². The molecular formula is C14H13N3O5S2. The zero-order valence-corrected chi connectivity index (χ0v) is 14.0. The molecule has 1 aromatic carbocycles. The van der Waals surface area contributed by atoms with Crippen LogP contribution in [0.3, 0.4) is 0 Å². The number of thiol groups is 1. The van der Waals surface area contributed by atoms with Crippen molar-refractivity contribution in [3.05, 3.63) is 29.6 Å². The van der Waals surface area contributed by atoms with E-state index < -0.39 is 11.9 Å². The molecule has 8 nitrogen and oxygen atoms in total. The van der Waals surface area contributed by atoms with Crippen LogP contribution in [0.15, 0.2) is 18.2 Å². The zero-order valence-electron chi connectivity index (χ0n) is 12.3. The molecule has 2 aromatic rings. The number of hydrogen-bond acceptors (Lipinski definition) is 8. The smallest absolute Gasteiger partial charge is 0.375 e. The molecule has 1 amide bonds. The van der Waals surface area contributed by atoms with E-state index in [0.717, 1.165) is 17.1 Å². The molecule has 24 heavy (non-hydrogen) atoms. The summed E-state index contributed by atoms with van der Waals surface area (Å²) in [4.78, 5) is 26.8. The average Bonchev–Trinajstić information content (AvgIpc) is 3.20. The maximum absolute atomic E-state index is 12.3. The Morgan fingerprint density at radius 3 is 2.88 bits per heavy atom. The number of amides is 1. The van der Waals surface area contributed by atoms with E-state index in [4.69, 9.17) is 14.6 Å². The minimum Gasteiger partial charge on any atom is -0.475 e. The van der Waals surface area contributed by atoms with Crippen LogP contribution in [0.2, 0.25) is 0 Å². The molecule has 0 saturated heterocycles. The van der Waals surface area contributed by atoms with Gasteiger partial charge in [0.25, 0.3) is 5.82 Å². The molecule has 1 unspecified atom stereocenters. The van der Waals surface area contributed by atoms with Crippen molar-refractivity contribution in [2.75, 3.05) is 17.9 Å². The summed E-state index contributed by atoms with van der Waals surface area (Å²) in [7, 11) is 0. The number of nitrogens with one attached hydrogen (secondary N) is 1. The Balaban J connectivity index is 1.66. The lowest BCUT2D eigenvalue weighted by Crippen LogP contribution is -2.26. The van der Waals surface area contributed by atoms with Crippen molar-refractivity contribution in [1.82, 2.24) is 9.36 Å². The van der Waals surface area contributed by atoms with Gasteiger partial charge in [0.1, 0.15) is 0 Å². The first-order valence-electron chi connectivity index (χ1n) is 6.94. The molecule has 126 valence electrons. The first-order chi connectivity index (χ1) is 11.6. The lowest BCUT2D eigenvalue weighted by Gasteiger charge is -2.13. The second kappa shape index (κ2) is 7.05. The number of hydrogen-bond donors (Lipinski definition) is 3. The Labute approximate surface area is 146 Å². The van der Waals surface area contributed by atoms with E-state index in [1.165, 1.54) is 0 Å². The number of aromatic carboxylic acids is 1. The topological polar surface area (TPSA) is 111 Å². The summed E-state index contributed by atoms with van der Waals surface area (Å²) in [6, 6.07) is 5.50. The van der Waals surface area contributed by atoms with Crippen LogP contribution in [0.1, 0.15) is 16.2 Å². The van der Waals surface area contributed by atoms with Crippen LogP contribution in [0.5, 0.6) is 11.5 Å². The highest BCUT2D eigenvalue weighted by Gasteiger charge is 2.22. The highest BCUT2D eigenvalue weighted by Crippen LogP contribution is 2.33. The number of nitrogens with zero attached hydrogens (tertiary/aromatic N) is 2. The first kappa shape index (κ1) is 16.5. The molecule has 0 spiro atoms. The number of carbonyl (C=O) groups is 2. The predicted octanol–water partition coefficient (Wildman–Crippen LogP) is 1.69. The minimum atomic E-state index is -1.24. The third-order valence-electron chi connectivity index (χ3n) is 3.36. The summed E-state index contributed by atoms with van der Waals surface area (Å²) in [5.41, 5.74) is 0.914. The van der Waals surface area contributed by atoms with Gasteiger partial charge in [-0.05, 0) is 24.1 Å². The van der Waals surface area contributed by atoms with Crippen LogP contribution in [0.25, 0.3) is 0 Å². The third kappa shape index (κ3) is 3.60. The molecule has 0 fully saturated rings. The van der Waals surface area contributed by atoms with Gasteiger partial charge in [0.2, 0.25) is 17.8 Å². The summed E-state index contributed by atoms with van der Waals surface area (Å²) in [5.74, 6) is -0.625. The fraction of sp³-hybridized carbons (Fsp3) is 0.286. The van der Waals surface area contributed by atoms with Gasteiger partial charge in [-0.2, -0.15) is 22.0 Å². The van der Waals surface area contributed by atoms with Crippen molar-refractivity contribution in [2.24, 2.45) is 5.92 Å². The number of benzene rings is 1. The number of aromatic nitrogens is 2. The number of rotatable bonds is 6. The van der Waals surface area contributed by atoms with Crippen molar-refractivity contribution in [3.8, 4) is 11.5 Å². The molecule has 2 N–H and O–H groups in total. The van der Waals surface area contributed by atoms with Gasteiger partial charge in [0.05, 0.1) is 5.92 Å². The highest BCUT2D eigenvalue weighted by atomic mass is 32.1. The van der Waals surface area contributed by atoms with Crippen molar-refractivity contribution in [3.63, 3.8) is 0 Å². The Bertz CT molecular complexity index is 780. The third-order valence-corrected chi connectivity index (χ3v) is 4.43. The Morgan fingerprint density at radius 2 is 2.17 bits per heavy atom. The summed E-state index contributed by atoms with van der Waals surface area (Å²) in [6.07, 6.45) is 0.455. The van der Waals surface area contributed by atoms with Crippen LogP contribution in [0, 0.1) is 5.92 Å². The normalized spacial score (nSPS) is 13.5. The van der Waals surface area contributed by atoms with E-state index >= 15 is 0 Å². The van der Waals surface area contributed by atoms with E-state index in [-0.39, 0.29) is 23.7 Å². The van der Waals surface area contributed by atoms with Gasteiger partial charge in [-0.1, -0.05) is 6.07 Å². The molecule has 0 aliphatic carbocycles. The van der Waals surface area contributed by atoms with E-state index in [1.54, 1.807) is 6.07 Å². The highest BCUT2D eigenvalue weighted by molar-refractivity contribution is 7.80. The first-order valence-corrected chi connectivity index (χ1v) is 8.34. The Morgan fingerprint density at radius 1 is 1.38 bits per heavy atom. The van der Waals surface area contributed by atoms with Gasteiger partial charge in [0, 0.05) is 17.3 Å². The van der Waals surface area contributed by atoms with Crippen molar-refractivity contribution < 1.29 is 24.2 Å². The number of carboxylic acids is 1. The molecule has 1 aliphatic heterocycles. The second-order valence-electron chi connectivity index (χ2n) is 4.99. The number of carbonyl (C=O) groups excluding carboxylic acids is 1. The summed E-state index contributed by atoms with van der Waals surface area (Å²) in [6.45, 7) is 0.193. The van der Waals surface area contributed by atoms with Gasteiger partial charge < -0.3 is 19.9 Å². The predicted molar refractivity (Wildman–Crippen MR) is 89.1 cm³/mol. The molecule has 2 heterocycles. The largest absolute Gasteiger partial charge is 0.475 e. The maximum Gasteiger partial charge on any atom is 0.375 e.